The fourth-order valence-electron chi connectivity index (χ4n) is 4.30. The predicted molar refractivity (Wildman–Crippen MR) is 150 cm³/mol. The van der Waals surface area contributed by atoms with E-state index in [0.29, 0.717) is 28.0 Å². The minimum atomic E-state index is -0.642. The van der Waals surface area contributed by atoms with Crippen LogP contribution in [0.2, 0.25) is 5.02 Å². The first-order valence-electron chi connectivity index (χ1n) is 11.9. The van der Waals surface area contributed by atoms with Crippen molar-refractivity contribution < 1.29 is 19.1 Å². The molecule has 0 spiro atoms. The number of nitrogens with zero attached hydrogens (tertiary/aromatic N) is 3. The zero-order valence-electron chi connectivity index (χ0n) is 20.8. The Morgan fingerprint density at radius 1 is 1.05 bits per heavy atom. The van der Waals surface area contributed by atoms with E-state index in [1.807, 2.05) is 48.5 Å². The summed E-state index contributed by atoms with van der Waals surface area (Å²) in [6.45, 7) is 0. The maximum Gasteiger partial charge on any atom is 0.262 e. The van der Waals surface area contributed by atoms with Gasteiger partial charge in [0.2, 0.25) is 5.91 Å². The summed E-state index contributed by atoms with van der Waals surface area (Å²) >= 11 is 7.34. The lowest BCUT2D eigenvalue weighted by Gasteiger charge is -2.23. The minimum Gasteiger partial charge on any atom is -0.497 e. The molecule has 0 aromatic heterocycles. The fourth-order valence-corrected chi connectivity index (χ4v) is 5.49. The molecule has 2 amide bonds. The van der Waals surface area contributed by atoms with Crippen molar-refractivity contribution >= 4 is 51.7 Å². The number of thioether (sulfide) groups is 1. The summed E-state index contributed by atoms with van der Waals surface area (Å²) in [7, 11) is 3.18. The summed E-state index contributed by atoms with van der Waals surface area (Å²) in [6, 6.07) is 22.1. The van der Waals surface area contributed by atoms with Crippen molar-refractivity contribution in [1.82, 2.24) is 5.01 Å². The van der Waals surface area contributed by atoms with Crippen molar-refractivity contribution in [2.45, 2.75) is 24.1 Å². The standard InChI is InChI=1S/C28H25ClN4O4S/c1-36-21-7-3-5-18(13-21)24-15-23(17-9-11-19(29)12-10-17)32-33(24)28-31-27(35)25(38-28)16-26(34)30-20-6-4-8-22(14-20)37-2/h3-14,24-25H,15-16H2,1-2H3,(H,30,34)/t24-,25+/m0/s1. The Bertz CT molecular complexity index is 1430. The Morgan fingerprint density at radius 3 is 2.50 bits per heavy atom. The van der Waals surface area contributed by atoms with Crippen LogP contribution in [0.3, 0.4) is 0 Å². The second kappa shape index (κ2) is 11.3. The van der Waals surface area contributed by atoms with Crippen LogP contribution in [-0.2, 0) is 9.59 Å². The number of halogens is 1. The Labute approximate surface area is 229 Å². The molecular weight excluding hydrogens is 524 g/mol. The van der Waals surface area contributed by atoms with Crippen molar-refractivity contribution in [2.75, 3.05) is 19.5 Å². The molecule has 3 aromatic carbocycles. The van der Waals surface area contributed by atoms with Crippen molar-refractivity contribution in [1.29, 1.82) is 0 Å². The molecule has 0 radical (unpaired) electrons. The van der Waals surface area contributed by atoms with E-state index in [4.69, 9.17) is 26.2 Å². The Hall–Kier alpha value is -3.82. The highest BCUT2D eigenvalue weighted by Gasteiger charge is 2.39. The van der Waals surface area contributed by atoms with E-state index in [1.165, 1.54) is 11.8 Å². The van der Waals surface area contributed by atoms with E-state index in [9.17, 15) is 9.59 Å². The molecule has 0 unspecified atom stereocenters. The molecule has 0 aliphatic carbocycles. The smallest absolute Gasteiger partial charge is 0.262 e. The van der Waals surface area contributed by atoms with Crippen molar-refractivity contribution in [3.63, 3.8) is 0 Å². The number of carbonyl (C=O) groups is 2. The van der Waals surface area contributed by atoms with E-state index in [2.05, 4.69) is 10.3 Å². The van der Waals surface area contributed by atoms with Crippen molar-refractivity contribution in [3.8, 4) is 11.5 Å². The Balaban J connectivity index is 1.35. The van der Waals surface area contributed by atoms with Crippen molar-refractivity contribution in [2.24, 2.45) is 10.1 Å². The molecule has 194 valence electrons. The molecule has 0 bridgehead atoms. The average molecular weight is 549 g/mol. The zero-order chi connectivity index (χ0) is 26.6. The van der Waals surface area contributed by atoms with E-state index in [-0.39, 0.29) is 24.3 Å². The third-order valence-corrected chi connectivity index (χ3v) is 7.61. The lowest BCUT2D eigenvalue weighted by Crippen LogP contribution is -2.25. The lowest BCUT2D eigenvalue weighted by molar-refractivity contribution is -0.121. The van der Waals surface area contributed by atoms with Crippen LogP contribution in [-0.4, -0.2) is 47.2 Å². The van der Waals surface area contributed by atoms with E-state index < -0.39 is 5.25 Å². The first-order valence-corrected chi connectivity index (χ1v) is 13.2. The van der Waals surface area contributed by atoms with Crippen LogP contribution in [0.5, 0.6) is 11.5 Å². The number of hydrogen-bond acceptors (Lipinski definition) is 7. The molecule has 2 aliphatic rings. The number of aliphatic imine (C=N–C) groups is 1. The molecule has 2 aliphatic heterocycles. The van der Waals surface area contributed by atoms with Gasteiger partial charge >= 0.3 is 0 Å². The van der Waals surface area contributed by atoms with Crippen LogP contribution in [0.25, 0.3) is 0 Å². The zero-order valence-corrected chi connectivity index (χ0v) is 22.3. The van der Waals surface area contributed by atoms with Gasteiger partial charge in [0.05, 0.1) is 26.0 Å². The third-order valence-electron chi connectivity index (χ3n) is 6.22. The van der Waals surface area contributed by atoms with Gasteiger partial charge in [0.15, 0.2) is 5.17 Å². The number of amidine groups is 1. The van der Waals surface area contributed by atoms with Crippen molar-refractivity contribution in [3.05, 3.63) is 88.9 Å². The molecule has 2 heterocycles. The van der Waals surface area contributed by atoms with Gasteiger partial charge in [0, 0.05) is 29.6 Å². The topological polar surface area (TPSA) is 92.6 Å². The van der Waals surface area contributed by atoms with E-state index in [0.717, 1.165) is 22.6 Å². The molecule has 1 N–H and O–H groups in total. The SMILES string of the molecule is COc1cccc(NC(=O)C[C@H]2SC(N3N=C(c4ccc(Cl)cc4)C[C@H]3c3cccc(OC)c3)=NC2=O)c1. The molecule has 0 saturated carbocycles. The van der Waals surface area contributed by atoms with Gasteiger partial charge in [-0.3, -0.25) is 9.59 Å². The van der Waals surface area contributed by atoms with Crippen LogP contribution in [0.4, 0.5) is 5.69 Å². The maximum atomic E-state index is 12.8. The van der Waals surface area contributed by atoms with Gasteiger partial charge in [-0.05, 0) is 47.5 Å². The largest absolute Gasteiger partial charge is 0.497 e. The normalized spacial score (nSPS) is 18.7. The minimum absolute atomic E-state index is 0.0147. The number of rotatable bonds is 7. The molecule has 5 rings (SSSR count). The highest BCUT2D eigenvalue weighted by atomic mass is 35.5. The van der Waals surface area contributed by atoms with Gasteiger partial charge in [0.1, 0.15) is 16.7 Å². The average Bonchev–Trinajstić information content (AvgIpc) is 3.53. The van der Waals surface area contributed by atoms with Gasteiger partial charge in [0.25, 0.3) is 5.91 Å². The summed E-state index contributed by atoms with van der Waals surface area (Å²) in [5.74, 6) is 0.722. The molecular formula is C28H25ClN4O4S. The van der Waals surface area contributed by atoms with Gasteiger partial charge < -0.3 is 14.8 Å². The van der Waals surface area contributed by atoms with Crippen LogP contribution in [0, 0.1) is 0 Å². The van der Waals surface area contributed by atoms with Gasteiger partial charge in [-0.25, -0.2) is 5.01 Å². The maximum absolute atomic E-state index is 12.8. The number of methoxy groups -OCH3 is 2. The van der Waals surface area contributed by atoms with Crippen LogP contribution in [0.15, 0.2) is 82.9 Å². The predicted octanol–water partition coefficient (Wildman–Crippen LogP) is 5.54. The number of hydrogen-bond donors (Lipinski definition) is 1. The summed E-state index contributed by atoms with van der Waals surface area (Å²) in [5.41, 5.74) is 3.37. The Morgan fingerprint density at radius 2 is 1.76 bits per heavy atom. The number of hydrazone groups is 1. The molecule has 0 saturated heterocycles. The molecule has 8 nitrogen and oxygen atoms in total. The summed E-state index contributed by atoms with van der Waals surface area (Å²) in [6.07, 6.45) is 0.586. The second-order valence-electron chi connectivity index (χ2n) is 8.72. The molecule has 0 fully saturated rings. The number of anilines is 1. The summed E-state index contributed by atoms with van der Waals surface area (Å²) in [4.78, 5) is 29.9. The quantitative estimate of drug-likeness (QED) is 0.417. The molecule has 2 atom stereocenters. The highest BCUT2D eigenvalue weighted by Crippen LogP contribution is 2.39. The first-order chi connectivity index (χ1) is 18.4. The lowest BCUT2D eigenvalue weighted by atomic mass is 9.98. The van der Waals surface area contributed by atoms with Crippen LogP contribution >= 0.6 is 23.4 Å². The fraction of sp³-hybridized carbons (Fsp3) is 0.214. The van der Waals surface area contributed by atoms with Gasteiger partial charge in [-0.2, -0.15) is 10.1 Å². The monoisotopic (exact) mass is 548 g/mol. The molecule has 38 heavy (non-hydrogen) atoms. The van der Waals surface area contributed by atoms with E-state index in [1.54, 1.807) is 43.5 Å². The first kappa shape index (κ1) is 25.8. The number of amides is 2. The van der Waals surface area contributed by atoms with Crippen LogP contribution < -0.4 is 14.8 Å². The van der Waals surface area contributed by atoms with Crippen LogP contribution in [0.1, 0.15) is 30.0 Å². The molecule has 10 heteroatoms. The number of nitrogens with one attached hydrogen (secondary N) is 1. The third kappa shape index (κ3) is 5.69. The summed E-state index contributed by atoms with van der Waals surface area (Å²) < 4.78 is 10.6. The molecule has 3 aromatic rings. The number of benzene rings is 3. The number of ether oxygens (including phenoxy) is 2. The number of carbonyl (C=O) groups excluding carboxylic acids is 2. The van der Waals surface area contributed by atoms with Gasteiger partial charge in [-0.1, -0.05) is 53.7 Å². The summed E-state index contributed by atoms with van der Waals surface area (Å²) in [5, 5.41) is 9.94. The second-order valence-corrected chi connectivity index (χ2v) is 10.3. The Kier molecular flexibility index (Phi) is 7.67. The van der Waals surface area contributed by atoms with Gasteiger partial charge in [-0.15, -0.1) is 0 Å². The van der Waals surface area contributed by atoms with E-state index >= 15 is 0 Å². The highest BCUT2D eigenvalue weighted by molar-refractivity contribution is 8.15.